The Morgan fingerprint density at radius 2 is 1.96 bits per heavy atom. The number of ether oxygens (including phenoxy) is 1. The van der Waals surface area contributed by atoms with Gasteiger partial charge in [0.1, 0.15) is 0 Å². The minimum atomic E-state index is -0.703. The lowest BCUT2D eigenvalue weighted by molar-refractivity contribution is -0.123. The van der Waals surface area contributed by atoms with E-state index in [1.54, 1.807) is 12.1 Å². The Morgan fingerprint density at radius 1 is 1.19 bits per heavy atom. The molecule has 1 heterocycles. The summed E-state index contributed by atoms with van der Waals surface area (Å²) in [5.74, 6) is -1.20. The fourth-order valence-corrected chi connectivity index (χ4v) is 3.84. The largest absolute Gasteiger partial charge is 0.452 e. The molecule has 3 N–H and O–H groups in total. The molecule has 2 aliphatic rings. The van der Waals surface area contributed by atoms with E-state index in [9.17, 15) is 19.2 Å². The van der Waals surface area contributed by atoms with E-state index >= 15 is 0 Å². The lowest BCUT2D eigenvalue weighted by Gasteiger charge is -2.22. The number of carbonyl (C=O) groups is 4. The van der Waals surface area contributed by atoms with Crippen molar-refractivity contribution in [1.29, 1.82) is 0 Å². The summed E-state index contributed by atoms with van der Waals surface area (Å²) in [5, 5.41) is 7.60. The second kappa shape index (κ2) is 8.90. The zero-order valence-corrected chi connectivity index (χ0v) is 15.5. The molecule has 8 nitrogen and oxygen atoms in total. The molecule has 27 heavy (non-hydrogen) atoms. The van der Waals surface area contributed by atoms with Gasteiger partial charge >= 0.3 is 12.0 Å². The molecular formula is C18H21N3O5S. The van der Waals surface area contributed by atoms with Crippen molar-refractivity contribution in [3.63, 3.8) is 0 Å². The number of esters is 1. The normalized spacial score (nSPS) is 16.7. The van der Waals surface area contributed by atoms with Crippen molar-refractivity contribution in [2.45, 2.75) is 43.0 Å². The van der Waals surface area contributed by atoms with E-state index in [1.165, 1.54) is 24.2 Å². The van der Waals surface area contributed by atoms with Crippen LogP contribution in [0.3, 0.4) is 0 Å². The van der Waals surface area contributed by atoms with Gasteiger partial charge in [0.25, 0.3) is 5.91 Å². The summed E-state index contributed by atoms with van der Waals surface area (Å²) in [6.45, 7) is -0.560. The summed E-state index contributed by atoms with van der Waals surface area (Å²) >= 11 is 1.38. The van der Waals surface area contributed by atoms with E-state index in [2.05, 4.69) is 16.0 Å². The topological polar surface area (TPSA) is 114 Å². The maximum Gasteiger partial charge on any atom is 0.338 e. The predicted molar refractivity (Wildman–Crippen MR) is 99.6 cm³/mol. The molecule has 0 bridgehead atoms. The third-order valence-corrected chi connectivity index (χ3v) is 5.45. The van der Waals surface area contributed by atoms with Crippen molar-refractivity contribution in [1.82, 2.24) is 10.6 Å². The maximum absolute atomic E-state index is 12.1. The van der Waals surface area contributed by atoms with Crippen LogP contribution in [0.5, 0.6) is 0 Å². The average Bonchev–Trinajstić information content (AvgIpc) is 2.66. The van der Waals surface area contributed by atoms with E-state index in [1.807, 2.05) is 0 Å². The molecule has 1 fully saturated rings. The molecule has 1 aromatic rings. The third-order valence-electron chi connectivity index (χ3n) is 4.38. The van der Waals surface area contributed by atoms with Crippen molar-refractivity contribution >= 4 is 41.3 Å². The molecule has 0 unspecified atom stereocenters. The molecule has 0 spiro atoms. The first-order valence-corrected chi connectivity index (χ1v) is 9.84. The van der Waals surface area contributed by atoms with Crippen LogP contribution in [0.2, 0.25) is 0 Å². The summed E-state index contributed by atoms with van der Waals surface area (Å²) in [6, 6.07) is 4.30. The fourth-order valence-electron chi connectivity index (χ4n) is 3.06. The Bertz CT molecular complexity index is 761. The van der Waals surface area contributed by atoms with Gasteiger partial charge in [-0.2, -0.15) is 0 Å². The van der Waals surface area contributed by atoms with E-state index in [4.69, 9.17) is 4.74 Å². The number of nitrogens with one attached hydrogen (secondary N) is 3. The number of urea groups is 1. The number of imide groups is 1. The van der Waals surface area contributed by atoms with Crippen LogP contribution >= 0.6 is 11.8 Å². The highest BCUT2D eigenvalue weighted by molar-refractivity contribution is 8.00. The Morgan fingerprint density at radius 3 is 2.74 bits per heavy atom. The first-order chi connectivity index (χ1) is 13.0. The first-order valence-electron chi connectivity index (χ1n) is 8.85. The molecule has 3 rings (SSSR count). The zero-order chi connectivity index (χ0) is 19.2. The number of benzene rings is 1. The highest BCUT2D eigenvalue weighted by Crippen LogP contribution is 2.32. The van der Waals surface area contributed by atoms with Crippen LogP contribution in [-0.4, -0.2) is 42.2 Å². The number of hydrogen-bond acceptors (Lipinski definition) is 6. The van der Waals surface area contributed by atoms with E-state index in [-0.39, 0.29) is 17.5 Å². The zero-order valence-electron chi connectivity index (χ0n) is 14.7. The summed E-state index contributed by atoms with van der Waals surface area (Å²) < 4.78 is 4.95. The molecule has 4 amide bonds. The summed E-state index contributed by atoms with van der Waals surface area (Å²) in [4.78, 5) is 48.0. The number of thioether (sulfide) groups is 1. The van der Waals surface area contributed by atoms with Crippen LogP contribution in [-0.2, 0) is 14.3 Å². The van der Waals surface area contributed by atoms with E-state index in [0.29, 0.717) is 11.4 Å². The molecular weight excluding hydrogens is 370 g/mol. The Kier molecular flexibility index (Phi) is 6.33. The minimum absolute atomic E-state index is 0.0812. The molecule has 9 heteroatoms. The van der Waals surface area contributed by atoms with Gasteiger partial charge in [0, 0.05) is 10.9 Å². The summed E-state index contributed by atoms with van der Waals surface area (Å²) in [5.41, 5.74) is 0.762. The third kappa shape index (κ3) is 5.46. The van der Waals surface area contributed by atoms with Crippen molar-refractivity contribution in [3.05, 3.63) is 23.8 Å². The molecule has 0 radical (unpaired) electrons. The van der Waals surface area contributed by atoms with Gasteiger partial charge in [-0.25, -0.2) is 9.59 Å². The van der Waals surface area contributed by atoms with Gasteiger partial charge in [-0.15, -0.1) is 11.8 Å². The van der Waals surface area contributed by atoms with Gasteiger partial charge in [-0.1, -0.05) is 19.3 Å². The Labute approximate surface area is 160 Å². The van der Waals surface area contributed by atoms with Crippen LogP contribution in [0.1, 0.15) is 42.5 Å². The lowest BCUT2D eigenvalue weighted by atomic mass is 9.96. The molecule has 1 aliphatic heterocycles. The van der Waals surface area contributed by atoms with Crippen molar-refractivity contribution in [2.24, 2.45) is 0 Å². The van der Waals surface area contributed by atoms with Crippen molar-refractivity contribution < 1.29 is 23.9 Å². The molecule has 144 valence electrons. The Balaban J connectivity index is 1.45. The summed E-state index contributed by atoms with van der Waals surface area (Å²) in [7, 11) is 0. The quantitative estimate of drug-likeness (QED) is 0.677. The first kappa shape index (κ1) is 19.2. The van der Waals surface area contributed by atoms with Gasteiger partial charge < -0.3 is 15.4 Å². The monoisotopic (exact) mass is 391 g/mol. The number of anilines is 1. The van der Waals surface area contributed by atoms with Gasteiger partial charge in [-0.3, -0.25) is 14.9 Å². The number of amides is 4. The molecule has 0 saturated heterocycles. The fraction of sp³-hybridized carbons (Fsp3) is 0.444. The maximum atomic E-state index is 12.1. The number of fused-ring (bicyclic) bond motifs is 1. The number of hydrogen-bond donors (Lipinski definition) is 3. The lowest BCUT2D eigenvalue weighted by Crippen LogP contribution is -2.46. The molecule has 1 saturated carbocycles. The van der Waals surface area contributed by atoms with Crippen LogP contribution in [0.15, 0.2) is 23.1 Å². The number of rotatable bonds is 4. The van der Waals surface area contributed by atoms with Crippen molar-refractivity contribution in [3.8, 4) is 0 Å². The average molecular weight is 391 g/mol. The second-order valence-corrected chi connectivity index (χ2v) is 7.50. The van der Waals surface area contributed by atoms with Crippen LogP contribution in [0.4, 0.5) is 10.5 Å². The van der Waals surface area contributed by atoms with Crippen LogP contribution in [0.25, 0.3) is 0 Å². The molecule has 1 aromatic carbocycles. The highest BCUT2D eigenvalue weighted by Gasteiger charge is 2.20. The second-order valence-electron chi connectivity index (χ2n) is 6.48. The smallest absolute Gasteiger partial charge is 0.338 e. The number of carbonyl (C=O) groups excluding carboxylic acids is 4. The van der Waals surface area contributed by atoms with Crippen LogP contribution < -0.4 is 16.0 Å². The standard InChI is InChI=1S/C18H21N3O5S/c22-15(21-18(25)19-12-4-2-1-3-5-12)9-26-17(24)11-6-7-14-13(8-11)20-16(23)10-27-14/h6-8,12H,1-5,9-10H2,(H,20,23)(H2,19,21,22,25). The predicted octanol–water partition coefficient (Wildman–Crippen LogP) is 2.05. The SMILES string of the molecule is O=C(COC(=O)c1ccc2c(c1)NC(=O)CS2)NC(=O)NC1CCCCC1. The van der Waals surface area contributed by atoms with Gasteiger partial charge in [-0.05, 0) is 31.0 Å². The molecule has 0 atom stereocenters. The van der Waals surface area contributed by atoms with Gasteiger partial charge in [0.05, 0.1) is 17.0 Å². The summed E-state index contributed by atoms with van der Waals surface area (Å²) in [6.07, 6.45) is 5.11. The minimum Gasteiger partial charge on any atom is -0.452 e. The van der Waals surface area contributed by atoms with E-state index in [0.717, 1.165) is 30.6 Å². The van der Waals surface area contributed by atoms with Crippen molar-refractivity contribution in [2.75, 3.05) is 17.7 Å². The molecule has 0 aromatic heterocycles. The van der Waals surface area contributed by atoms with Gasteiger partial charge in [0.15, 0.2) is 6.61 Å². The molecule has 1 aliphatic carbocycles. The van der Waals surface area contributed by atoms with Crippen LogP contribution in [0, 0.1) is 0 Å². The Hall–Kier alpha value is -2.55. The highest BCUT2D eigenvalue weighted by atomic mass is 32.2. The van der Waals surface area contributed by atoms with E-state index < -0.39 is 24.5 Å². The van der Waals surface area contributed by atoms with Gasteiger partial charge in [0.2, 0.25) is 5.91 Å².